The molecule has 3 rings (SSSR count). The summed E-state index contributed by atoms with van der Waals surface area (Å²) in [4.78, 5) is 11.1. The second-order valence-electron chi connectivity index (χ2n) is 5.58. The van der Waals surface area contributed by atoms with E-state index in [0.717, 1.165) is 12.1 Å². The molecule has 1 aliphatic heterocycles. The molecule has 1 aromatic carbocycles. The number of halogens is 4. The van der Waals surface area contributed by atoms with Crippen molar-refractivity contribution in [3.8, 4) is 0 Å². The Kier molecular flexibility index (Phi) is 4.01. The van der Waals surface area contributed by atoms with E-state index in [2.05, 4.69) is 10.5 Å². The summed E-state index contributed by atoms with van der Waals surface area (Å²) in [5.41, 5.74) is -1.18. The van der Waals surface area contributed by atoms with Gasteiger partial charge in [0.2, 0.25) is 0 Å². The lowest BCUT2D eigenvalue weighted by Crippen LogP contribution is -2.31. The van der Waals surface area contributed by atoms with Crippen LogP contribution in [0.3, 0.4) is 0 Å². The van der Waals surface area contributed by atoms with Crippen LogP contribution in [0.15, 0.2) is 33.6 Å². The number of aromatic nitrogens is 1. The zero-order valence-electron chi connectivity index (χ0n) is 11.9. The van der Waals surface area contributed by atoms with Gasteiger partial charge in [0.05, 0.1) is 5.56 Å². The van der Waals surface area contributed by atoms with E-state index < -0.39 is 23.6 Å². The Bertz CT molecular complexity index is 750. The Morgan fingerprint density at radius 3 is 2.61 bits per heavy atom. The normalized spacial score (nSPS) is 22.3. The fourth-order valence-electron chi connectivity index (χ4n) is 2.90. The van der Waals surface area contributed by atoms with Gasteiger partial charge in [-0.1, -0.05) is 6.07 Å². The van der Waals surface area contributed by atoms with Crippen molar-refractivity contribution in [2.75, 3.05) is 6.54 Å². The average molecular weight is 330 g/mol. The molecule has 124 valence electrons. The van der Waals surface area contributed by atoms with E-state index >= 15 is 0 Å². The van der Waals surface area contributed by atoms with Crippen molar-refractivity contribution in [2.45, 2.75) is 31.0 Å². The fraction of sp³-hybridized carbons (Fsp3) is 0.400. The van der Waals surface area contributed by atoms with Crippen molar-refractivity contribution in [1.29, 1.82) is 0 Å². The third kappa shape index (κ3) is 3.31. The Hall–Kier alpha value is -2.09. The van der Waals surface area contributed by atoms with E-state index in [1.165, 1.54) is 6.07 Å². The molecule has 1 fully saturated rings. The Labute approximate surface area is 128 Å². The number of hydrogen-bond acceptors (Lipinski definition) is 3. The molecule has 0 aliphatic carbocycles. The lowest BCUT2D eigenvalue weighted by Gasteiger charge is -2.29. The predicted molar refractivity (Wildman–Crippen MR) is 73.4 cm³/mol. The Morgan fingerprint density at radius 2 is 2.00 bits per heavy atom. The lowest BCUT2D eigenvalue weighted by molar-refractivity contribution is -0.137. The van der Waals surface area contributed by atoms with Crippen molar-refractivity contribution in [3.63, 3.8) is 0 Å². The van der Waals surface area contributed by atoms with Crippen molar-refractivity contribution in [1.82, 2.24) is 10.5 Å². The Balaban J connectivity index is 1.82. The summed E-state index contributed by atoms with van der Waals surface area (Å²) in [7, 11) is 0. The second kappa shape index (κ2) is 5.84. The first-order chi connectivity index (χ1) is 10.8. The van der Waals surface area contributed by atoms with Gasteiger partial charge >= 0.3 is 6.18 Å². The Morgan fingerprint density at radius 1 is 1.22 bits per heavy atom. The first-order valence-electron chi connectivity index (χ1n) is 7.13. The number of aromatic amines is 1. The van der Waals surface area contributed by atoms with E-state index in [9.17, 15) is 22.4 Å². The van der Waals surface area contributed by atoms with Gasteiger partial charge in [0, 0.05) is 23.6 Å². The fourth-order valence-corrected chi connectivity index (χ4v) is 2.90. The van der Waals surface area contributed by atoms with Gasteiger partial charge in [-0.15, -0.1) is 0 Å². The molecule has 0 amide bonds. The number of nitrogens with one attached hydrogen (secondary N) is 2. The molecular weight excluding hydrogens is 316 g/mol. The van der Waals surface area contributed by atoms with Crippen molar-refractivity contribution < 1.29 is 22.1 Å². The van der Waals surface area contributed by atoms with Crippen LogP contribution in [-0.4, -0.2) is 11.7 Å². The molecule has 0 radical (unpaired) electrons. The van der Waals surface area contributed by atoms with E-state index in [1.54, 1.807) is 0 Å². The van der Waals surface area contributed by atoms with Crippen molar-refractivity contribution >= 4 is 0 Å². The molecule has 2 N–H and O–H groups in total. The first-order valence-corrected chi connectivity index (χ1v) is 7.13. The molecule has 4 nitrogen and oxygen atoms in total. The molecule has 1 saturated heterocycles. The van der Waals surface area contributed by atoms with E-state index in [-0.39, 0.29) is 17.0 Å². The summed E-state index contributed by atoms with van der Waals surface area (Å²) < 4.78 is 57.0. The smallest absolute Gasteiger partial charge is 0.383 e. The summed E-state index contributed by atoms with van der Waals surface area (Å²) in [6.07, 6.45) is -3.45. The summed E-state index contributed by atoms with van der Waals surface area (Å²) in [6, 6.07) is 3.45. The van der Waals surface area contributed by atoms with Crippen LogP contribution in [0.5, 0.6) is 0 Å². The monoisotopic (exact) mass is 330 g/mol. The second-order valence-corrected chi connectivity index (χ2v) is 5.58. The molecule has 8 heteroatoms. The lowest BCUT2D eigenvalue weighted by atomic mass is 9.87. The molecule has 0 bridgehead atoms. The number of benzene rings is 1. The largest absolute Gasteiger partial charge is 0.416 e. The summed E-state index contributed by atoms with van der Waals surface area (Å²) in [5.74, 6) is -0.510. The standard InChI is InChI=1S/C15H14F4N2O2/c16-11-6-9(15(17,18)19)1-2-10(11)12-5-8(3-4-20-12)13-7-14(22)21-23-13/h1-2,6-8,12,20H,3-5H2,(H,21,22)/t8-,12+/m0/s1. The van der Waals surface area contributed by atoms with E-state index in [1.807, 2.05) is 0 Å². The van der Waals surface area contributed by atoms with E-state index in [4.69, 9.17) is 4.52 Å². The van der Waals surface area contributed by atoms with Crippen LogP contribution >= 0.6 is 0 Å². The molecular formula is C15H14F4N2O2. The van der Waals surface area contributed by atoms with Crippen molar-refractivity contribution in [2.24, 2.45) is 0 Å². The van der Waals surface area contributed by atoms with Crippen LogP contribution < -0.4 is 10.9 Å². The number of alkyl halides is 3. The van der Waals surface area contributed by atoms with Crippen LogP contribution in [-0.2, 0) is 6.18 Å². The molecule has 0 saturated carbocycles. The topological polar surface area (TPSA) is 58.0 Å². The molecule has 0 spiro atoms. The summed E-state index contributed by atoms with van der Waals surface area (Å²) in [5, 5.41) is 5.30. The van der Waals surface area contributed by atoms with Gasteiger partial charge in [-0.25, -0.2) is 4.39 Å². The molecule has 2 heterocycles. The summed E-state index contributed by atoms with van der Waals surface area (Å²) in [6.45, 7) is 0.546. The molecule has 0 unspecified atom stereocenters. The molecule has 2 atom stereocenters. The van der Waals surface area contributed by atoms with E-state index in [0.29, 0.717) is 31.2 Å². The van der Waals surface area contributed by atoms with Gasteiger partial charge in [-0.05, 0) is 31.5 Å². The summed E-state index contributed by atoms with van der Waals surface area (Å²) >= 11 is 0. The van der Waals surface area contributed by atoms with Gasteiger partial charge in [0.15, 0.2) is 0 Å². The van der Waals surface area contributed by atoms with Crippen LogP contribution in [0.25, 0.3) is 0 Å². The van der Waals surface area contributed by atoms with Crippen molar-refractivity contribution in [3.05, 3.63) is 57.3 Å². The number of piperidine rings is 1. The van der Waals surface area contributed by atoms with Crippen LogP contribution in [0.2, 0.25) is 0 Å². The van der Waals surface area contributed by atoms with Gasteiger partial charge in [-0.2, -0.15) is 18.3 Å². The third-order valence-electron chi connectivity index (χ3n) is 4.05. The number of H-pyrrole nitrogens is 1. The molecule has 2 aromatic rings. The van der Waals surface area contributed by atoms with Gasteiger partial charge in [0.1, 0.15) is 11.6 Å². The van der Waals surface area contributed by atoms with Gasteiger partial charge in [-0.3, -0.25) is 4.79 Å². The SMILES string of the molecule is O=c1cc([C@H]2CCN[C@@H](c3ccc(C(F)(F)F)cc3F)C2)o[nH]1. The number of hydrogen-bond donors (Lipinski definition) is 2. The molecule has 1 aliphatic rings. The van der Waals surface area contributed by atoms with Crippen LogP contribution in [0, 0.1) is 5.82 Å². The molecule has 1 aromatic heterocycles. The highest BCUT2D eigenvalue weighted by atomic mass is 19.4. The zero-order valence-corrected chi connectivity index (χ0v) is 11.9. The minimum absolute atomic E-state index is 0.0955. The first kappa shape index (κ1) is 15.8. The maximum absolute atomic E-state index is 14.1. The van der Waals surface area contributed by atoms with Gasteiger partial charge < -0.3 is 9.84 Å². The zero-order chi connectivity index (χ0) is 16.6. The number of rotatable bonds is 2. The minimum atomic E-state index is -4.57. The minimum Gasteiger partial charge on any atom is -0.383 e. The van der Waals surface area contributed by atoms with Crippen LogP contribution in [0.1, 0.15) is 41.7 Å². The third-order valence-corrected chi connectivity index (χ3v) is 4.05. The average Bonchev–Trinajstić information content (AvgIpc) is 2.93. The maximum Gasteiger partial charge on any atom is 0.416 e. The van der Waals surface area contributed by atoms with Gasteiger partial charge in [0.25, 0.3) is 5.56 Å². The highest BCUT2D eigenvalue weighted by Crippen LogP contribution is 2.36. The highest BCUT2D eigenvalue weighted by Gasteiger charge is 2.33. The predicted octanol–water partition coefficient (Wildman–Crippen LogP) is 3.33. The molecule has 23 heavy (non-hydrogen) atoms. The quantitative estimate of drug-likeness (QED) is 0.831. The maximum atomic E-state index is 14.1. The van der Waals surface area contributed by atoms with Crippen LogP contribution in [0.4, 0.5) is 17.6 Å². The highest BCUT2D eigenvalue weighted by molar-refractivity contribution is 5.29.